The summed E-state index contributed by atoms with van der Waals surface area (Å²) in [5, 5.41) is 6.43. The van der Waals surface area contributed by atoms with E-state index in [-0.39, 0.29) is 6.79 Å². The fraction of sp³-hybridized carbons (Fsp3) is 0.217. The van der Waals surface area contributed by atoms with Crippen molar-refractivity contribution in [3.8, 4) is 11.5 Å². The highest BCUT2D eigenvalue weighted by molar-refractivity contribution is 5.97. The smallest absolute Gasteiger partial charge is 0.230 e. The van der Waals surface area contributed by atoms with Gasteiger partial charge in [-0.25, -0.2) is 0 Å². The Bertz CT molecular complexity index is 851. The van der Waals surface area contributed by atoms with Crippen molar-refractivity contribution in [2.75, 3.05) is 33.0 Å². The number of hydrogen-bond acceptors (Lipinski definition) is 6. The van der Waals surface area contributed by atoms with Crippen molar-refractivity contribution >= 4 is 23.8 Å². The molecule has 2 aliphatic rings. The van der Waals surface area contributed by atoms with Crippen LogP contribution in [0.2, 0.25) is 0 Å². The second-order valence-corrected chi connectivity index (χ2v) is 6.60. The fourth-order valence-electron chi connectivity index (χ4n) is 2.92. The summed E-state index contributed by atoms with van der Waals surface area (Å²) in [5.41, 5.74) is 2.19. The number of ether oxygens (including phenoxy) is 2. The van der Waals surface area contributed by atoms with Crippen molar-refractivity contribution in [2.45, 2.75) is 0 Å². The average Bonchev–Trinajstić information content (AvgIpc) is 3.47. The summed E-state index contributed by atoms with van der Waals surface area (Å²) in [6.45, 7) is 3.68. The maximum atomic E-state index is 5.67. The molecule has 0 radical (unpaired) electrons. The van der Waals surface area contributed by atoms with Crippen LogP contribution in [0.15, 0.2) is 70.7 Å². The number of hydrogen-bond donors (Lipinski definition) is 2. The van der Waals surface area contributed by atoms with Gasteiger partial charge >= 0.3 is 0 Å². The lowest BCUT2D eigenvalue weighted by Crippen LogP contribution is -2.15. The SMILES string of the molecule is C(=Cc1ccc(OCOc2ccc(C=CC3=NCCN3)cc2)cc1)C1=NCCN1. The highest BCUT2D eigenvalue weighted by atomic mass is 16.7. The molecule has 29 heavy (non-hydrogen) atoms. The minimum atomic E-state index is 0.159. The molecule has 0 saturated heterocycles. The quantitative estimate of drug-likeness (QED) is 0.682. The third kappa shape index (κ3) is 5.72. The summed E-state index contributed by atoms with van der Waals surface area (Å²) in [7, 11) is 0. The van der Waals surface area contributed by atoms with Gasteiger partial charge in [0.05, 0.1) is 13.1 Å². The van der Waals surface area contributed by atoms with Gasteiger partial charge in [0.25, 0.3) is 0 Å². The minimum absolute atomic E-state index is 0.159. The molecule has 2 heterocycles. The Kier molecular flexibility index (Phi) is 6.22. The van der Waals surface area contributed by atoms with Crippen molar-refractivity contribution in [2.24, 2.45) is 9.98 Å². The lowest BCUT2D eigenvalue weighted by atomic mass is 10.2. The van der Waals surface area contributed by atoms with Gasteiger partial charge in [0.2, 0.25) is 6.79 Å². The molecule has 6 heteroatoms. The van der Waals surface area contributed by atoms with Gasteiger partial charge in [0.1, 0.15) is 23.2 Å². The van der Waals surface area contributed by atoms with Crippen molar-refractivity contribution in [1.82, 2.24) is 10.6 Å². The molecule has 0 aromatic heterocycles. The van der Waals surface area contributed by atoms with Crippen LogP contribution in [-0.2, 0) is 0 Å². The minimum Gasteiger partial charge on any atom is -0.458 e. The Morgan fingerprint density at radius 3 is 1.48 bits per heavy atom. The first-order valence-corrected chi connectivity index (χ1v) is 9.74. The van der Waals surface area contributed by atoms with Crippen LogP contribution < -0.4 is 20.1 Å². The van der Waals surface area contributed by atoms with Gasteiger partial charge in [-0.3, -0.25) is 9.98 Å². The van der Waals surface area contributed by atoms with Crippen LogP contribution >= 0.6 is 0 Å². The van der Waals surface area contributed by atoms with Crippen LogP contribution in [0.4, 0.5) is 0 Å². The Morgan fingerprint density at radius 2 is 1.10 bits per heavy atom. The molecule has 0 spiro atoms. The maximum Gasteiger partial charge on any atom is 0.230 e. The molecule has 148 valence electrons. The van der Waals surface area contributed by atoms with Crippen molar-refractivity contribution in [3.05, 3.63) is 71.8 Å². The molecule has 0 bridgehead atoms. The summed E-state index contributed by atoms with van der Waals surface area (Å²) in [6.07, 6.45) is 8.04. The molecule has 0 unspecified atom stereocenters. The predicted octanol–water partition coefficient (Wildman–Crippen LogP) is 3.13. The third-order valence-electron chi connectivity index (χ3n) is 4.48. The zero-order valence-electron chi connectivity index (χ0n) is 16.2. The first kappa shape index (κ1) is 18.8. The van der Waals surface area contributed by atoms with Gasteiger partial charge in [-0.15, -0.1) is 0 Å². The topological polar surface area (TPSA) is 67.2 Å². The molecule has 2 aliphatic heterocycles. The number of benzene rings is 2. The van der Waals surface area contributed by atoms with Crippen LogP contribution in [0.5, 0.6) is 11.5 Å². The predicted molar refractivity (Wildman–Crippen MR) is 118 cm³/mol. The normalized spacial score (nSPS) is 15.9. The molecule has 2 aromatic rings. The number of nitrogens with one attached hydrogen (secondary N) is 2. The van der Waals surface area contributed by atoms with Gasteiger partial charge in [-0.2, -0.15) is 0 Å². The molecular weight excluding hydrogens is 364 g/mol. The van der Waals surface area contributed by atoms with Gasteiger partial charge in [0.15, 0.2) is 0 Å². The van der Waals surface area contributed by atoms with Crippen LogP contribution in [0.3, 0.4) is 0 Å². The lowest BCUT2D eigenvalue weighted by Gasteiger charge is -2.09. The second-order valence-electron chi connectivity index (χ2n) is 6.60. The van der Waals surface area contributed by atoms with Crippen molar-refractivity contribution in [1.29, 1.82) is 0 Å². The van der Waals surface area contributed by atoms with E-state index < -0.39 is 0 Å². The zero-order valence-corrected chi connectivity index (χ0v) is 16.2. The summed E-state index contributed by atoms with van der Waals surface area (Å²) in [6, 6.07) is 15.7. The third-order valence-corrected chi connectivity index (χ3v) is 4.48. The summed E-state index contributed by atoms with van der Waals surface area (Å²) < 4.78 is 11.3. The Balaban J connectivity index is 1.22. The number of nitrogens with zero attached hydrogens (tertiary/aromatic N) is 2. The molecule has 0 fully saturated rings. The van der Waals surface area contributed by atoms with E-state index in [0.29, 0.717) is 0 Å². The van der Waals surface area contributed by atoms with Crippen LogP contribution in [-0.4, -0.2) is 44.6 Å². The Hall–Kier alpha value is -3.54. The first-order chi connectivity index (χ1) is 14.3. The maximum absolute atomic E-state index is 5.67. The van der Waals surface area contributed by atoms with E-state index in [9.17, 15) is 0 Å². The van der Waals surface area contributed by atoms with E-state index in [0.717, 1.165) is 60.5 Å². The Morgan fingerprint density at radius 1 is 0.655 bits per heavy atom. The monoisotopic (exact) mass is 388 g/mol. The van der Waals surface area contributed by atoms with Crippen LogP contribution in [0.1, 0.15) is 11.1 Å². The van der Waals surface area contributed by atoms with E-state index in [4.69, 9.17) is 9.47 Å². The van der Waals surface area contributed by atoms with Gasteiger partial charge < -0.3 is 20.1 Å². The molecule has 0 amide bonds. The Labute approximate surface area is 170 Å². The highest BCUT2D eigenvalue weighted by Crippen LogP contribution is 2.16. The first-order valence-electron chi connectivity index (χ1n) is 9.74. The van der Waals surface area contributed by atoms with E-state index >= 15 is 0 Å². The zero-order chi connectivity index (χ0) is 19.7. The second kappa shape index (κ2) is 9.59. The van der Waals surface area contributed by atoms with Crippen LogP contribution in [0, 0.1) is 0 Å². The number of amidine groups is 2. The fourth-order valence-corrected chi connectivity index (χ4v) is 2.92. The molecular formula is C23H24N4O2. The van der Waals surface area contributed by atoms with E-state index in [1.165, 1.54) is 0 Å². The molecule has 0 aliphatic carbocycles. The van der Waals surface area contributed by atoms with Gasteiger partial charge in [-0.1, -0.05) is 36.4 Å². The summed E-state index contributed by atoms with van der Waals surface area (Å²) in [4.78, 5) is 8.67. The standard InChI is InChI=1S/C23H24N4O2/c1-7-20(8-2-18(1)5-11-22-24-13-14-25-22)28-17-29-21-9-3-19(4-10-21)6-12-23-26-15-16-27-23/h1-12H,13-17H2,(H,24,25)(H,26,27). The van der Waals surface area contributed by atoms with E-state index in [2.05, 4.69) is 20.6 Å². The average molecular weight is 388 g/mol. The van der Waals surface area contributed by atoms with E-state index in [1.54, 1.807) is 0 Å². The van der Waals surface area contributed by atoms with Gasteiger partial charge in [0, 0.05) is 13.1 Å². The summed E-state index contributed by atoms with van der Waals surface area (Å²) in [5.74, 6) is 3.40. The molecule has 0 atom stereocenters. The summed E-state index contributed by atoms with van der Waals surface area (Å²) >= 11 is 0. The van der Waals surface area contributed by atoms with Gasteiger partial charge in [-0.05, 0) is 47.5 Å². The molecule has 2 aromatic carbocycles. The molecule has 0 saturated carbocycles. The molecule has 2 N–H and O–H groups in total. The molecule has 4 rings (SSSR count). The van der Waals surface area contributed by atoms with Crippen LogP contribution in [0.25, 0.3) is 12.2 Å². The lowest BCUT2D eigenvalue weighted by molar-refractivity contribution is 0.120. The van der Waals surface area contributed by atoms with Crippen molar-refractivity contribution in [3.63, 3.8) is 0 Å². The van der Waals surface area contributed by atoms with Crippen molar-refractivity contribution < 1.29 is 9.47 Å². The number of rotatable bonds is 8. The highest BCUT2D eigenvalue weighted by Gasteiger charge is 2.01. The largest absolute Gasteiger partial charge is 0.458 e. The molecule has 6 nitrogen and oxygen atoms in total. The van der Waals surface area contributed by atoms with E-state index in [1.807, 2.05) is 72.8 Å². The number of aliphatic imine (C=N–C) groups is 2.